The summed E-state index contributed by atoms with van der Waals surface area (Å²) in [6.07, 6.45) is 1.30. The number of esters is 1. The highest BCUT2D eigenvalue weighted by molar-refractivity contribution is 6.31. The summed E-state index contributed by atoms with van der Waals surface area (Å²) in [6, 6.07) is 15.2. The third-order valence-electron chi connectivity index (χ3n) is 4.82. The summed E-state index contributed by atoms with van der Waals surface area (Å²) in [4.78, 5) is 48.0. The van der Waals surface area contributed by atoms with Crippen molar-refractivity contribution in [2.45, 2.75) is 6.92 Å². The quantitative estimate of drug-likeness (QED) is 0.349. The zero-order valence-corrected chi connectivity index (χ0v) is 17.4. The molecule has 0 radical (unpaired) electrons. The molecule has 0 unspecified atom stereocenters. The van der Waals surface area contributed by atoms with E-state index in [2.05, 4.69) is 5.43 Å². The first kappa shape index (κ1) is 21.6. The number of nitrogens with one attached hydrogen (secondary N) is 1. The first-order valence-corrected chi connectivity index (χ1v) is 9.93. The highest BCUT2D eigenvalue weighted by Crippen LogP contribution is 2.26. The van der Waals surface area contributed by atoms with Crippen LogP contribution in [-0.4, -0.2) is 30.4 Å². The van der Waals surface area contributed by atoms with Crippen molar-refractivity contribution < 1.29 is 33.4 Å². The predicted octanol–water partition coefficient (Wildman–Crippen LogP) is 1.95. The minimum Gasteiger partial charge on any atom is -0.545 e. The number of hydrogen-bond donors (Lipinski definition) is 1. The molecule has 1 saturated heterocycles. The predicted molar refractivity (Wildman–Crippen MR) is 114 cm³/mol. The van der Waals surface area contributed by atoms with Crippen molar-refractivity contribution in [3.8, 4) is 11.3 Å². The van der Waals surface area contributed by atoms with Crippen molar-refractivity contribution in [2.24, 2.45) is 0 Å². The van der Waals surface area contributed by atoms with Crippen molar-refractivity contribution in [1.82, 2.24) is 5.43 Å². The van der Waals surface area contributed by atoms with Crippen LogP contribution < -0.4 is 15.5 Å². The molecule has 9 nitrogen and oxygen atoms in total. The van der Waals surface area contributed by atoms with E-state index < -0.39 is 23.8 Å². The lowest BCUT2D eigenvalue weighted by atomic mass is 10.1. The monoisotopic (exact) mass is 445 g/mol. The van der Waals surface area contributed by atoms with Gasteiger partial charge in [0.1, 0.15) is 17.1 Å². The van der Waals surface area contributed by atoms with Crippen molar-refractivity contribution in [3.63, 3.8) is 0 Å². The van der Waals surface area contributed by atoms with Crippen LogP contribution in [0.4, 0.5) is 5.69 Å². The Balaban J connectivity index is 1.55. The molecule has 2 heterocycles. The van der Waals surface area contributed by atoms with Gasteiger partial charge < -0.3 is 19.1 Å². The molecule has 1 aliphatic rings. The van der Waals surface area contributed by atoms with Gasteiger partial charge in [0.05, 0.1) is 23.8 Å². The largest absolute Gasteiger partial charge is 0.545 e. The number of carboxylic acid groups (broad SMARTS) is 1. The smallest absolute Gasteiger partial charge is 0.338 e. The number of furan rings is 1. The number of carbonyl (C=O) groups is 4. The molecule has 1 fully saturated rings. The van der Waals surface area contributed by atoms with Gasteiger partial charge in [-0.05, 0) is 61.0 Å². The Bertz CT molecular complexity index is 1290. The van der Waals surface area contributed by atoms with Crippen molar-refractivity contribution in [1.29, 1.82) is 0 Å². The van der Waals surface area contributed by atoms with E-state index in [-0.39, 0.29) is 23.5 Å². The Morgan fingerprint density at radius 1 is 1.06 bits per heavy atom. The van der Waals surface area contributed by atoms with Gasteiger partial charge in [0.15, 0.2) is 0 Å². The standard InChI is InChI=1S/C24H18N2O7/c1-2-32-24(31)14-6-8-17(9-7-14)26-22(28)19(21(27)25-26)13-18-10-11-20(33-18)15-4-3-5-16(12-15)23(29)30/h3-13H,2H2,1H3,(H,25,27)(H,29,30)/p-1/b19-13+. The fourth-order valence-electron chi connectivity index (χ4n) is 3.23. The lowest BCUT2D eigenvalue weighted by Crippen LogP contribution is -2.35. The Morgan fingerprint density at radius 3 is 2.52 bits per heavy atom. The number of amides is 2. The number of rotatable bonds is 6. The van der Waals surface area contributed by atoms with Gasteiger partial charge in [-0.15, -0.1) is 0 Å². The first-order valence-electron chi connectivity index (χ1n) is 9.93. The van der Waals surface area contributed by atoms with Crippen LogP contribution in [-0.2, 0) is 14.3 Å². The molecule has 9 heteroatoms. The molecule has 2 aromatic carbocycles. The van der Waals surface area contributed by atoms with E-state index in [1.165, 1.54) is 42.5 Å². The number of carboxylic acids is 1. The molecule has 0 saturated carbocycles. The summed E-state index contributed by atoms with van der Waals surface area (Å²) >= 11 is 0. The number of benzene rings is 2. The average Bonchev–Trinajstić information content (AvgIpc) is 3.40. The third kappa shape index (κ3) is 4.38. The van der Waals surface area contributed by atoms with Gasteiger partial charge in [-0.25, -0.2) is 9.80 Å². The fourth-order valence-corrected chi connectivity index (χ4v) is 3.23. The number of nitrogens with zero attached hydrogens (tertiary/aromatic N) is 1. The van der Waals surface area contributed by atoms with E-state index in [1.54, 1.807) is 31.2 Å². The SMILES string of the molecule is CCOC(=O)c1ccc(N2NC(=O)/C(=C\c3ccc(-c4cccc(C(=O)[O-])c4)o3)C2=O)cc1. The van der Waals surface area contributed by atoms with E-state index in [0.29, 0.717) is 22.6 Å². The van der Waals surface area contributed by atoms with Crippen LogP contribution in [0.2, 0.25) is 0 Å². The van der Waals surface area contributed by atoms with Crippen LogP contribution in [0.5, 0.6) is 0 Å². The van der Waals surface area contributed by atoms with Gasteiger partial charge in [-0.2, -0.15) is 0 Å². The summed E-state index contributed by atoms with van der Waals surface area (Å²) in [7, 11) is 0. The van der Waals surface area contributed by atoms with Gasteiger partial charge in [-0.1, -0.05) is 18.2 Å². The Morgan fingerprint density at radius 2 is 1.82 bits per heavy atom. The molecule has 2 amide bonds. The number of carbonyl (C=O) groups excluding carboxylic acids is 4. The molecule has 0 bridgehead atoms. The van der Waals surface area contributed by atoms with Gasteiger partial charge >= 0.3 is 5.97 Å². The molecule has 33 heavy (non-hydrogen) atoms. The summed E-state index contributed by atoms with van der Waals surface area (Å²) in [5.41, 5.74) is 3.51. The zero-order chi connectivity index (χ0) is 23.5. The summed E-state index contributed by atoms with van der Waals surface area (Å²) < 4.78 is 10.6. The zero-order valence-electron chi connectivity index (χ0n) is 17.4. The first-order chi connectivity index (χ1) is 15.9. The maximum absolute atomic E-state index is 12.8. The minimum absolute atomic E-state index is 0.00114. The fraction of sp³-hybridized carbons (Fsp3) is 0.0833. The van der Waals surface area contributed by atoms with Crippen molar-refractivity contribution >= 4 is 35.5 Å². The molecular formula is C24H17N2O7-. The van der Waals surface area contributed by atoms with E-state index >= 15 is 0 Å². The lowest BCUT2D eigenvalue weighted by molar-refractivity contribution is -0.255. The molecule has 1 N–H and O–H groups in total. The number of anilines is 1. The van der Waals surface area contributed by atoms with E-state index in [0.717, 1.165) is 5.01 Å². The number of ether oxygens (including phenoxy) is 1. The molecule has 4 rings (SSSR count). The molecule has 0 spiro atoms. The molecule has 166 valence electrons. The molecule has 1 aromatic heterocycles. The number of hydrazine groups is 1. The Labute approximate surface area is 187 Å². The van der Waals surface area contributed by atoms with Crippen molar-refractivity contribution in [3.05, 3.63) is 83.1 Å². The normalized spacial score (nSPS) is 14.5. The molecule has 1 aliphatic heterocycles. The minimum atomic E-state index is -1.31. The van der Waals surface area contributed by atoms with Crippen LogP contribution in [0.3, 0.4) is 0 Å². The third-order valence-corrected chi connectivity index (χ3v) is 4.82. The second kappa shape index (κ2) is 8.83. The van der Waals surface area contributed by atoms with E-state index in [4.69, 9.17) is 9.15 Å². The van der Waals surface area contributed by atoms with Gasteiger partial charge in [0, 0.05) is 5.56 Å². The maximum atomic E-state index is 12.8. The highest BCUT2D eigenvalue weighted by atomic mass is 16.5. The van der Waals surface area contributed by atoms with Crippen molar-refractivity contribution in [2.75, 3.05) is 11.6 Å². The Kier molecular flexibility index (Phi) is 5.77. The number of hydrogen-bond acceptors (Lipinski definition) is 7. The van der Waals surface area contributed by atoms with Crippen LogP contribution >= 0.6 is 0 Å². The van der Waals surface area contributed by atoms with E-state index in [1.807, 2.05) is 0 Å². The van der Waals surface area contributed by atoms with E-state index in [9.17, 15) is 24.3 Å². The van der Waals surface area contributed by atoms with Gasteiger partial charge in [0.25, 0.3) is 11.8 Å². The summed E-state index contributed by atoms with van der Waals surface area (Å²) in [5, 5.41) is 12.1. The van der Waals surface area contributed by atoms with Crippen LogP contribution in [0.15, 0.2) is 70.7 Å². The molecule has 0 atom stereocenters. The number of aromatic carboxylic acids is 1. The van der Waals surface area contributed by atoms with Crippen LogP contribution in [0.25, 0.3) is 17.4 Å². The summed E-state index contributed by atoms with van der Waals surface area (Å²) in [6.45, 7) is 1.94. The Hall–Kier alpha value is -4.66. The second-order valence-electron chi connectivity index (χ2n) is 6.98. The average molecular weight is 445 g/mol. The van der Waals surface area contributed by atoms with Crippen LogP contribution in [0.1, 0.15) is 33.4 Å². The molecule has 0 aliphatic carbocycles. The van der Waals surface area contributed by atoms with Crippen LogP contribution in [0, 0.1) is 0 Å². The van der Waals surface area contributed by atoms with Gasteiger partial charge in [0.2, 0.25) is 0 Å². The molecular weight excluding hydrogens is 428 g/mol. The lowest BCUT2D eigenvalue weighted by Gasteiger charge is -2.14. The van der Waals surface area contributed by atoms with Gasteiger partial charge in [-0.3, -0.25) is 15.0 Å². The topological polar surface area (TPSA) is 129 Å². The molecule has 3 aromatic rings. The highest BCUT2D eigenvalue weighted by Gasteiger charge is 2.34. The summed E-state index contributed by atoms with van der Waals surface area (Å²) in [5.74, 6) is -2.41. The maximum Gasteiger partial charge on any atom is 0.338 e. The second-order valence-corrected chi connectivity index (χ2v) is 6.98.